The maximum absolute atomic E-state index is 11.3. The van der Waals surface area contributed by atoms with Crippen LogP contribution >= 0.6 is 0 Å². The highest BCUT2D eigenvalue weighted by Gasteiger charge is 2.53. The highest BCUT2D eigenvalue weighted by Crippen LogP contribution is 2.51. The molecular weight excluding hydrogens is 216 g/mol. The van der Waals surface area contributed by atoms with Crippen LogP contribution in [0, 0.1) is 0 Å². The molecule has 2 aliphatic rings. The number of rotatable bonds is 4. The lowest BCUT2D eigenvalue weighted by Crippen LogP contribution is -2.27. The molecule has 1 N–H and O–H groups in total. The summed E-state index contributed by atoms with van der Waals surface area (Å²) >= 11 is 0. The third-order valence-electron chi connectivity index (χ3n) is 3.91. The minimum atomic E-state index is -0.720. The van der Waals surface area contributed by atoms with Gasteiger partial charge in [0, 0.05) is 5.56 Å². The Hall–Kier alpha value is -1.51. The molecule has 2 aliphatic carbocycles. The molecule has 0 aliphatic heterocycles. The zero-order valence-electron chi connectivity index (χ0n) is 9.69. The molecule has 0 aromatic heterocycles. The fourth-order valence-corrected chi connectivity index (χ4v) is 2.36. The number of carboxylic acid groups (broad SMARTS) is 1. The smallest absolute Gasteiger partial charge is 0.314 e. The Balaban J connectivity index is 1.90. The van der Waals surface area contributed by atoms with Gasteiger partial charge in [0.1, 0.15) is 5.75 Å². The van der Waals surface area contributed by atoms with Gasteiger partial charge < -0.3 is 9.84 Å². The van der Waals surface area contributed by atoms with Crippen LogP contribution < -0.4 is 4.74 Å². The summed E-state index contributed by atoms with van der Waals surface area (Å²) < 4.78 is 5.89. The molecule has 0 saturated heterocycles. The molecule has 0 amide bonds. The summed E-state index contributed by atoms with van der Waals surface area (Å²) in [7, 11) is 0. The molecule has 1 aromatic carbocycles. The van der Waals surface area contributed by atoms with Crippen molar-refractivity contribution in [2.24, 2.45) is 0 Å². The maximum atomic E-state index is 11.3. The first-order chi connectivity index (χ1) is 8.22. The monoisotopic (exact) mass is 232 g/mol. The Morgan fingerprint density at radius 2 is 2.00 bits per heavy atom. The van der Waals surface area contributed by atoms with E-state index in [1.165, 1.54) is 6.42 Å². The van der Waals surface area contributed by atoms with Crippen molar-refractivity contribution in [3.8, 4) is 5.75 Å². The van der Waals surface area contributed by atoms with Gasteiger partial charge in [0.25, 0.3) is 0 Å². The second kappa shape index (κ2) is 3.76. The molecule has 0 atom stereocenters. The van der Waals surface area contributed by atoms with Gasteiger partial charge in [-0.25, -0.2) is 0 Å². The van der Waals surface area contributed by atoms with Gasteiger partial charge in [-0.1, -0.05) is 18.2 Å². The molecule has 0 bridgehead atoms. The SMILES string of the molecule is O=C(O)C1(c2ccccc2OC2CCC2)CC1. The van der Waals surface area contributed by atoms with Gasteiger partial charge in [-0.3, -0.25) is 4.79 Å². The van der Waals surface area contributed by atoms with E-state index in [0.29, 0.717) is 6.10 Å². The average Bonchev–Trinajstić information content (AvgIpc) is 3.05. The van der Waals surface area contributed by atoms with Crippen LogP contribution in [0.1, 0.15) is 37.7 Å². The summed E-state index contributed by atoms with van der Waals surface area (Å²) in [5.41, 5.74) is 0.194. The first-order valence-electron chi connectivity index (χ1n) is 6.22. The second-order valence-electron chi connectivity index (χ2n) is 5.05. The van der Waals surface area contributed by atoms with Crippen molar-refractivity contribution in [1.29, 1.82) is 0 Å². The van der Waals surface area contributed by atoms with E-state index in [9.17, 15) is 9.90 Å². The summed E-state index contributed by atoms with van der Waals surface area (Å²) in [6, 6.07) is 7.60. The summed E-state index contributed by atoms with van der Waals surface area (Å²) in [6.07, 6.45) is 5.15. The van der Waals surface area contributed by atoms with Gasteiger partial charge in [-0.2, -0.15) is 0 Å². The lowest BCUT2D eigenvalue weighted by Gasteiger charge is -2.28. The van der Waals surface area contributed by atoms with Crippen molar-refractivity contribution in [1.82, 2.24) is 0 Å². The van der Waals surface area contributed by atoms with Crippen LogP contribution in [0.5, 0.6) is 5.75 Å². The molecule has 90 valence electrons. The quantitative estimate of drug-likeness (QED) is 0.868. The number of ether oxygens (including phenoxy) is 1. The summed E-state index contributed by atoms with van der Waals surface area (Å²) in [6.45, 7) is 0. The van der Waals surface area contributed by atoms with E-state index in [2.05, 4.69) is 0 Å². The van der Waals surface area contributed by atoms with E-state index in [1.807, 2.05) is 24.3 Å². The van der Waals surface area contributed by atoms with Crippen molar-refractivity contribution < 1.29 is 14.6 Å². The van der Waals surface area contributed by atoms with Gasteiger partial charge in [-0.05, 0) is 38.2 Å². The van der Waals surface area contributed by atoms with Crippen molar-refractivity contribution in [3.05, 3.63) is 29.8 Å². The first-order valence-corrected chi connectivity index (χ1v) is 6.22. The number of para-hydroxylation sites is 1. The number of aliphatic carboxylic acids is 1. The molecular formula is C14H16O3. The number of carbonyl (C=O) groups is 1. The van der Waals surface area contributed by atoms with Crippen molar-refractivity contribution in [2.75, 3.05) is 0 Å². The van der Waals surface area contributed by atoms with Gasteiger partial charge in [-0.15, -0.1) is 0 Å². The zero-order chi connectivity index (χ0) is 11.9. The predicted octanol–water partition coefficient (Wildman–Crippen LogP) is 2.73. The predicted molar refractivity (Wildman–Crippen MR) is 63.3 cm³/mol. The molecule has 2 fully saturated rings. The number of hydrogen-bond acceptors (Lipinski definition) is 2. The van der Waals surface area contributed by atoms with Gasteiger partial charge in [0.2, 0.25) is 0 Å². The molecule has 0 heterocycles. The molecule has 0 unspecified atom stereocenters. The standard InChI is InChI=1S/C14H16O3/c15-13(16)14(8-9-14)11-6-1-2-7-12(11)17-10-4-3-5-10/h1-2,6-7,10H,3-5,8-9H2,(H,15,16). The van der Waals surface area contributed by atoms with Crippen LogP contribution in [0.15, 0.2) is 24.3 Å². The normalized spacial score (nSPS) is 21.6. The van der Waals surface area contributed by atoms with Gasteiger partial charge >= 0.3 is 5.97 Å². The number of carboxylic acids is 1. The minimum absolute atomic E-state index is 0.292. The minimum Gasteiger partial charge on any atom is -0.490 e. The number of hydrogen-bond donors (Lipinski definition) is 1. The zero-order valence-corrected chi connectivity index (χ0v) is 9.69. The molecule has 3 heteroatoms. The Morgan fingerprint density at radius 1 is 1.29 bits per heavy atom. The fourth-order valence-electron chi connectivity index (χ4n) is 2.36. The highest BCUT2D eigenvalue weighted by atomic mass is 16.5. The Morgan fingerprint density at radius 3 is 2.53 bits per heavy atom. The van der Waals surface area contributed by atoms with E-state index < -0.39 is 11.4 Å². The summed E-state index contributed by atoms with van der Waals surface area (Å²) in [4.78, 5) is 11.3. The molecule has 0 spiro atoms. The van der Waals surface area contributed by atoms with E-state index in [1.54, 1.807) is 0 Å². The van der Waals surface area contributed by atoms with Gasteiger partial charge in [0.15, 0.2) is 0 Å². The molecule has 0 radical (unpaired) electrons. The highest BCUT2D eigenvalue weighted by molar-refractivity contribution is 5.86. The van der Waals surface area contributed by atoms with E-state index in [-0.39, 0.29) is 0 Å². The summed E-state index contributed by atoms with van der Waals surface area (Å²) in [5.74, 6) is 0.0549. The van der Waals surface area contributed by atoms with Crippen molar-refractivity contribution in [3.63, 3.8) is 0 Å². The second-order valence-corrected chi connectivity index (χ2v) is 5.05. The Labute approximate surface area is 100 Å². The maximum Gasteiger partial charge on any atom is 0.314 e. The van der Waals surface area contributed by atoms with E-state index in [4.69, 9.17) is 4.74 Å². The Bertz CT molecular complexity index is 445. The Kier molecular flexibility index (Phi) is 2.35. The van der Waals surface area contributed by atoms with Crippen LogP contribution in [0.2, 0.25) is 0 Å². The van der Waals surface area contributed by atoms with Crippen LogP contribution in [-0.2, 0) is 10.2 Å². The van der Waals surface area contributed by atoms with Crippen LogP contribution in [-0.4, -0.2) is 17.2 Å². The molecule has 3 rings (SSSR count). The van der Waals surface area contributed by atoms with E-state index >= 15 is 0 Å². The average molecular weight is 232 g/mol. The van der Waals surface area contributed by atoms with Crippen LogP contribution in [0.25, 0.3) is 0 Å². The van der Waals surface area contributed by atoms with Crippen molar-refractivity contribution in [2.45, 2.75) is 43.6 Å². The van der Waals surface area contributed by atoms with Crippen LogP contribution in [0.4, 0.5) is 0 Å². The fraction of sp³-hybridized carbons (Fsp3) is 0.500. The lowest BCUT2D eigenvalue weighted by atomic mass is 9.93. The molecule has 17 heavy (non-hydrogen) atoms. The molecule has 3 nitrogen and oxygen atoms in total. The summed E-state index contributed by atoms with van der Waals surface area (Å²) in [5, 5.41) is 9.33. The topological polar surface area (TPSA) is 46.5 Å². The van der Waals surface area contributed by atoms with Crippen LogP contribution in [0.3, 0.4) is 0 Å². The molecule has 2 saturated carbocycles. The van der Waals surface area contributed by atoms with Crippen molar-refractivity contribution >= 4 is 5.97 Å². The third kappa shape index (κ3) is 1.70. The third-order valence-corrected chi connectivity index (χ3v) is 3.91. The lowest BCUT2D eigenvalue weighted by molar-refractivity contribution is -0.140. The molecule has 1 aromatic rings. The first kappa shape index (κ1) is 10.6. The number of benzene rings is 1. The van der Waals surface area contributed by atoms with Gasteiger partial charge in [0.05, 0.1) is 11.5 Å². The van der Waals surface area contributed by atoms with E-state index in [0.717, 1.165) is 37.0 Å². The largest absolute Gasteiger partial charge is 0.490 e.